The number of hydrogen-bond acceptors (Lipinski definition) is 5. The van der Waals surface area contributed by atoms with Crippen LogP contribution in [0.2, 0.25) is 0 Å². The van der Waals surface area contributed by atoms with Crippen LogP contribution in [-0.4, -0.2) is 51.9 Å². The Morgan fingerprint density at radius 1 is 0.875 bits per heavy atom. The van der Waals surface area contributed by atoms with Gasteiger partial charge in [0.1, 0.15) is 10.6 Å². The van der Waals surface area contributed by atoms with Crippen molar-refractivity contribution in [1.29, 1.82) is 0 Å². The molecule has 1 N–H and O–H groups in total. The molecule has 0 atom stereocenters. The second-order valence-corrected chi connectivity index (χ2v) is 9.32. The van der Waals surface area contributed by atoms with E-state index in [0.29, 0.717) is 31.9 Å². The molecule has 1 fully saturated rings. The van der Waals surface area contributed by atoms with E-state index in [9.17, 15) is 13.2 Å². The van der Waals surface area contributed by atoms with Crippen LogP contribution in [0.25, 0.3) is 0 Å². The van der Waals surface area contributed by atoms with Gasteiger partial charge in [-0.05, 0) is 42.5 Å². The van der Waals surface area contributed by atoms with Gasteiger partial charge in [-0.25, -0.2) is 8.42 Å². The fourth-order valence-corrected chi connectivity index (χ4v) is 5.31. The maximum absolute atomic E-state index is 13.4. The van der Waals surface area contributed by atoms with Crippen LogP contribution in [0, 0.1) is 0 Å². The first-order valence-corrected chi connectivity index (χ1v) is 11.8. The first-order chi connectivity index (χ1) is 15.5. The molecule has 166 valence electrons. The summed E-state index contributed by atoms with van der Waals surface area (Å²) in [4.78, 5) is 14.9. The van der Waals surface area contributed by atoms with Crippen molar-refractivity contribution < 1.29 is 17.9 Å². The van der Waals surface area contributed by atoms with Crippen LogP contribution < -0.4 is 15.0 Å². The van der Waals surface area contributed by atoms with Gasteiger partial charge in [-0.1, -0.05) is 36.4 Å². The van der Waals surface area contributed by atoms with E-state index in [-0.39, 0.29) is 22.1 Å². The number of nitrogens with zero attached hydrogens (tertiary/aromatic N) is 2. The Morgan fingerprint density at radius 2 is 1.50 bits per heavy atom. The van der Waals surface area contributed by atoms with Crippen molar-refractivity contribution in [1.82, 2.24) is 4.31 Å². The van der Waals surface area contributed by atoms with Gasteiger partial charge >= 0.3 is 0 Å². The number of rotatable bonds is 6. The smallest absolute Gasteiger partial charge is 0.255 e. The monoisotopic (exact) mass is 451 g/mol. The molecule has 0 unspecified atom stereocenters. The van der Waals surface area contributed by atoms with E-state index in [1.807, 2.05) is 48.5 Å². The molecular formula is C24H25N3O4S. The first kappa shape index (κ1) is 21.9. The Hall–Kier alpha value is -3.36. The largest absolute Gasteiger partial charge is 0.495 e. The van der Waals surface area contributed by atoms with Crippen LogP contribution in [0.1, 0.15) is 10.4 Å². The fourth-order valence-electron chi connectivity index (χ4n) is 3.71. The molecule has 0 spiro atoms. The lowest BCUT2D eigenvalue weighted by Gasteiger charge is -2.35. The number of carbonyl (C=O) groups excluding carboxylic acids is 1. The minimum absolute atomic E-state index is 0.00567. The third kappa shape index (κ3) is 4.61. The molecule has 1 saturated heterocycles. The van der Waals surface area contributed by atoms with Crippen molar-refractivity contribution in [2.75, 3.05) is 43.5 Å². The standard InChI is InChI=1S/C24H25N3O4S/c1-31-22-13-12-19(24(28)25-20-8-4-2-5-9-20)18-23(22)32(29,30)27-16-14-26(15-17-27)21-10-6-3-7-11-21/h2-13,18H,14-17H2,1H3,(H,25,28). The van der Waals surface area contributed by atoms with Crippen molar-refractivity contribution in [2.24, 2.45) is 0 Å². The summed E-state index contributed by atoms with van der Waals surface area (Å²) in [6.07, 6.45) is 0. The molecule has 1 aliphatic rings. The van der Waals surface area contributed by atoms with Gasteiger partial charge in [0.2, 0.25) is 10.0 Å². The van der Waals surface area contributed by atoms with Gasteiger partial charge in [-0.2, -0.15) is 4.31 Å². The number of hydrogen-bond donors (Lipinski definition) is 1. The highest BCUT2D eigenvalue weighted by molar-refractivity contribution is 7.89. The quantitative estimate of drug-likeness (QED) is 0.621. The molecular weight excluding hydrogens is 426 g/mol. The number of sulfonamides is 1. The number of para-hydroxylation sites is 2. The number of piperazine rings is 1. The van der Waals surface area contributed by atoms with Crippen LogP contribution in [0.15, 0.2) is 83.8 Å². The van der Waals surface area contributed by atoms with Gasteiger partial charge < -0.3 is 15.0 Å². The summed E-state index contributed by atoms with van der Waals surface area (Å²) in [7, 11) is -2.42. The highest BCUT2D eigenvalue weighted by Gasteiger charge is 2.31. The molecule has 7 nitrogen and oxygen atoms in total. The molecule has 0 saturated carbocycles. The summed E-state index contributed by atoms with van der Waals surface area (Å²) in [6, 6.07) is 23.4. The zero-order chi connectivity index (χ0) is 22.6. The molecule has 32 heavy (non-hydrogen) atoms. The van der Waals surface area contributed by atoms with E-state index in [4.69, 9.17) is 4.74 Å². The third-order valence-corrected chi connectivity index (χ3v) is 7.36. The minimum Gasteiger partial charge on any atom is -0.495 e. The molecule has 4 rings (SSSR count). The van der Waals surface area contributed by atoms with Crippen LogP contribution in [0.4, 0.5) is 11.4 Å². The lowest BCUT2D eigenvalue weighted by Crippen LogP contribution is -2.48. The molecule has 0 bridgehead atoms. The number of amides is 1. The van der Waals surface area contributed by atoms with Crippen LogP contribution in [-0.2, 0) is 10.0 Å². The maximum Gasteiger partial charge on any atom is 0.255 e. The molecule has 0 aliphatic carbocycles. The second-order valence-electron chi connectivity index (χ2n) is 7.41. The van der Waals surface area contributed by atoms with E-state index in [1.54, 1.807) is 18.2 Å². The molecule has 1 aliphatic heterocycles. The number of nitrogens with one attached hydrogen (secondary N) is 1. The Balaban J connectivity index is 1.55. The number of methoxy groups -OCH3 is 1. The van der Waals surface area contributed by atoms with E-state index >= 15 is 0 Å². The Kier molecular flexibility index (Phi) is 6.43. The van der Waals surface area contributed by atoms with Crippen molar-refractivity contribution in [3.63, 3.8) is 0 Å². The van der Waals surface area contributed by atoms with Gasteiger partial charge in [0, 0.05) is 43.1 Å². The average Bonchev–Trinajstić information content (AvgIpc) is 2.85. The number of anilines is 2. The van der Waals surface area contributed by atoms with Crippen molar-refractivity contribution >= 4 is 27.3 Å². The van der Waals surface area contributed by atoms with E-state index in [1.165, 1.54) is 23.5 Å². The number of benzene rings is 3. The predicted molar refractivity (Wildman–Crippen MR) is 125 cm³/mol. The van der Waals surface area contributed by atoms with Crippen molar-refractivity contribution in [3.8, 4) is 5.75 Å². The van der Waals surface area contributed by atoms with Crippen LogP contribution >= 0.6 is 0 Å². The van der Waals surface area contributed by atoms with Crippen LogP contribution in [0.5, 0.6) is 5.75 Å². The van der Waals surface area contributed by atoms with E-state index < -0.39 is 10.0 Å². The Morgan fingerprint density at radius 3 is 2.12 bits per heavy atom. The summed E-state index contributed by atoms with van der Waals surface area (Å²) in [6.45, 7) is 1.86. The van der Waals surface area contributed by atoms with E-state index in [2.05, 4.69) is 10.2 Å². The topological polar surface area (TPSA) is 78.9 Å². The zero-order valence-electron chi connectivity index (χ0n) is 17.8. The van der Waals surface area contributed by atoms with Gasteiger partial charge in [0.25, 0.3) is 5.91 Å². The van der Waals surface area contributed by atoms with Crippen molar-refractivity contribution in [2.45, 2.75) is 4.90 Å². The summed E-state index contributed by atoms with van der Waals surface area (Å²) in [5, 5.41) is 2.78. The maximum atomic E-state index is 13.4. The third-order valence-electron chi connectivity index (χ3n) is 5.44. The molecule has 8 heteroatoms. The summed E-state index contributed by atoms with van der Waals surface area (Å²) >= 11 is 0. The average molecular weight is 452 g/mol. The SMILES string of the molecule is COc1ccc(C(=O)Nc2ccccc2)cc1S(=O)(=O)N1CCN(c2ccccc2)CC1. The van der Waals surface area contributed by atoms with Gasteiger partial charge in [-0.3, -0.25) is 4.79 Å². The lowest BCUT2D eigenvalue weighted by atomic mass is 10.2. The Labute approximate surface area is 188 Å². The summed E-state index contributed by atoms with van der Waals surface area (Å²) in [5.74, 6) is -0.170. The first-order valence-electron chi connectivity index (χ1n) is 10.3. The lowest BCUT2D eigenvalue weighted by molar-refractivity contribution is 0.102. The normalized spacial score (nSPS) is 14.7. The zero-order valence-corrected chi connectivity index (χ0v) is 18.6. The van der Waals surface area contributed by atoms with Gasteiger partial charge in [0.05, 0.1) is 7.11 Å². The molecule has 3 aromatic carbocycles. The molecule has 1 heterocycles. The van der Waals surface area contributed by atoms with Crippen molar-refractivity contribution in [3.05, 3.63) is 84.4 Å². The molecule has 0 aromatic heterocycles. The second kappa shape index (κ2) is 9.42. The predicted octanol–water partition coefficient (Wildman–Crippen LogP) is 3.46. The van der Waals surface area contributed by atoms with Crippen LogP contribution in [0.3, 0.4) is 0 Å². The highest BCUT2D eigenvalue weighted by atomic mass is 32.2. The highest BCUT2D eigenvalue weighted by Crippen LogP contribution is 2.29. The molecule has 3 aromatic rings. The number of carbonyl (C=O) groups is 1. The fraction of sp³-hybridized carbons (Fsp3) is 0.208. The van der Waals surface area contributed by atoms with E-state index in [0.717, 1.165) is 5.69 Å². The molecule has 1 amide bonds. The summed E-state index contributed by atoms with van der Waals surface area (Å²) < 4.78 is 33.6. The minimum atomic E-state index is -3.84. The van der Waals surface area contributed by atoms with Gasteiger partial charge in [-0.15, -0.1) is 0 Å². The number of ether oxygens (including phenoxy) is 1. The summed E-state index contributed by atoms with van der Waals surface area (Å²) in [5.41, 5.74) is 1.95. The Bertz CT molecular complexity index is 1180. The van der Waals surface area contributed by atoms with Gasteiger partial charge in [0.15, 0.2) is 0 Å². The molecule has 0 radical (unpaired) electrons.